The van der Waals surface area contributed by atoms with Gasteiger partial charge in [-0.25, -0.2) is 4.39 Å². The zero-order chi connectivity index (χ0) is 9.97. The Morgan fingerprint density at radius 1 is 1.43 bits per heavy atom. The molecule has 0 radical (unpaired) electrons. The molecule has 0 bridgehead atoms. The maximum Gasteiger partial charge on any atom is 0.113 e. The quantitative estimate of drug-likeness (QED) is 0.795. The maximum absolute atomic E-state index is 11.9. The van der Waals surface area contributed by atoms with Crippen molar-refractivity contribution in [2.45, 2.75) is 18.6 Å². The average Bonchev–Trinajstić information content (AvgIpc) is 2.54. The lowest BCUT2D eigenvalue weighted by Crippen LogP contribution is -2.25. The van der Waals surface area contributed by atoms with E-state index in [0.29, 0.717) is 0 Å². The molecule has 0 heterocycles. The highest BCUT2D eigenvalue weighted by molar-refractivity contribution is 5.36. The molecule has 2 atom stereocenters. The second kappa shape index (κ2) is 4.07. The Balaban J connectivity index is 2.09. The van der Waals surface area contributed by atoms with Crippen LogP contribution in [0.3, 0.4) is 0 Å². The molecule has 1 aromatic carbocycles. The normalized spacial score (nSPS) is 25.0. The molecule has 3 heteroatoms. The van der Waals surface area contributed by atoms with E-state index in [0.717, 1.165) is 12.0 Å². The van der Waals surface area contributed by atoms with Crippen molar-refractivity contribution in [3.63, 3.8) is 0 Å². The third-order valence-electron chi connectivity index (χ3n) is 2.64. The Morgan fingerprint density at radius 3 is 2.93 bits per heavy atom. The van der Waals surface area contributed by atoms with Crippen LogP contribution < -0.4 is 5.73 Å². The number of halogens is 1. The van der Waals surface area contributed by atoms with E-state index in [1.54, 1.807) is 0 Å². The van der Waals surface area contributed by atoms with Gasteiger partial charge in [0.15, 0.2) is 0 Å². The molecule has 1 aliphatic carbocycles. The van der Waals surface area contributed by atoms with Crippen molar-refractivity contribution in [1.29, 1.82) is 0 Å². The number of nitrogens with two attached hydrogens (primary N) is 1. The second-order valence-electron chi connectivity index (χ2n) is 3.53. The number of rotatable bonds is 3. The molecule has 0 saturated carbocycles. The highest BCUT2D eigenvalue weighted by Crippen LogP contribution is 2.31. The van der Waals surface area contributed by atoms with Crippen LogP contribution in [0, 0.1) is 0 Å². The Hall–Kier alpha value is -0.930. The van der Waals surface area contributed by atoms with Crippen molar-refractivity contribution in [2.75, 3.05) is 13.3 Å². The highest BCUT2D eigenvalue weighted by Gasteiger charge is 2.29. The fraction of sp³-hybridized carbons (Fsp3) is 0.455. The third kappa shape index (κ3) is 1.65. The van der Waals surface area contributed by atoms with E-state index in [4.69, 9.17) is 10.5 Å². The largest absolute Gasteiger partial charge is 0.373 e. The Labute approximate surface area is 82.9 Å². The molecule has 0 fully saturated rings. The predicted molar refractivity (Wildman–Crippen MR) is 52.8 cm³/mol. The van der Waals surface area contributed by atoms with E-state index in [-0.39, 0.29) is 18.8 Å². The molecule has 0 spiro atoms. The first-order valence-corrected chi connectivity index (χ1v) is 4.84. The first-order valence-electron chi connectivity index (χ1n) is 4.84. The van der Waals surface area contributed by atoms with Gasteiger partial charge in [-0.05, 0) is 11.1 Å². The Bertz CT molecular complexity index is 316. The summed E-state index contributed by atoms with van der Waals surface area (Å²) in [6.07, 6.45) is 0.750. The SMILES string of the molecule is N[C@H]1c2ccccc2C[C@@H]1OCCF. The van der Waals surface area contributed by atoms with Gasteiger partial charge in [0.2, 0.25) is 0 Å². The van der Waals surface area contributed by atoms with Crippen LogP contribution in [-0.4, -0.2) is 19.4 Å². The first kappa shape index (κ1) is 9.62. The first-order chi connectivity index (χ1) is 6.83. The Kier molecular flexibility index (Phi) is 2.79. The summed E-state index contributed by atoms with van der Waals surface area (Å²) in [5, 5.41) is 0. The minimum absolute atomic E-state index is 0.0526. The van der Waals surface area contributed by atoms with Gasteiger partial charge < -0.3 is 10.5 Å². The van der Waals surface area contributed by atoms with Crippen molar-refractivity contribution in [3.8, 4) is 0 Å². The third-order valence-corrected chi connectivity index (χ3v) is 2.64. The lowest BCUT2D eigenvalue weighted by molar-refractivity contribution is 0.0354. The summed E-state index contributed by atoms with van der Waals surface area (Å²) in [4.78, 5) is 0. The van der Waals surface area contributed by atoms with Crippen LogP contribution in [-0.2, 0) is 11.2 Å². The fourth-order valence-electron chi connectivity index (χ4n) is 1.95. The number of benzene rings is 1. The van der Waals surface area contributed by atoms with E-state index >= 15 is 0 Å². The number of hydrogen-bond donors (Lipinski definition) is 1. The summed E-state index contributed by atoms with van der Waals surface area (Å²) >= 11 is 0. The van der Waals surface area contributed by atoms with Crippen LogP contribution in [0.1, 0.15) is 17.2 Å². The lowest BCUT2D eigenvalue weighted by atomic mass is 10.1. The Morgan fingerprint density at radius 2 is 2.21 bits per heavy atom. The van der Waals surface area contributed by atoms with Gasteiger partial charge in [0.25, 0.3) is 0 Å². The van der Waals surface area contributed by atoms with Crippen molar-refractivity contribution < 1.29 is 9.13 Å². The fourth-order valence-corrected chi connectivity index (χ4v) is 1.95. The summed E-state index contributed by atoms with van der Waals surface area (Å²) in [5.74, 6) is 0. The monoisotopic (exact) mass is 195 g/mol. The van der Waals surface area contributed by atoms with Gasteiger partial charge in [-0.15, -0.1) is 0 Å². The van der Waals surface area contributed by atoms with Crippen LogP contribution in [0.2, 0.25) is 0 Å². The smallest absolute Gasteiger partial charge is 0.113 e. The standard InChI is InChI=1S/C11H14FNO/c12-5-6-14-10-7-8-3-1-2-4-9(8)11(10)13/h1-4,10-11H,5-7,13H2/t10-,11-/m0/s1. The van der Waals surface area contributed by atoms with E-state index in [1.165, 1.54) is 5.56 Å². The molecule has 1 aliphatic rings. The molecule has 0 unspecified atom stereocenters. The molecule has 1 aromatic rings. The van der Waals surface area contributed by atoms with Crippen LogP contribution in [0.4, 0.5) is 4.39 Å². The average molecular weight is 195 g/mol. The van der Waals surface area contributed by atoms with Gasteiger partial charge in [-0.2, -0.15) is 0 Å². The van der Waals surface area contributed by atoms with Gasteiger partial charge >= 0.3 is 0 Å². The van der Waals surface area contributed by atoms with Gasteiger partial charge in [0.05, 0.1) is 18.8 Å². The minimum atomic E-state index is -0.445. The summed E-state index contributed by atoms with van der Waals surface area (Å²) in [5.41, 5.74) is 8.35. The van der Waals surface area contributed by atoms with Gasteiger partial charge in [-0.1, -0.05) is 24.3 Å². The van der Waals surface area contributed by atoms with E-state index in [1.807, 2.05) is 24.3 Å². The predicted octanol–water partition coefficient (Wildman–Crippen LogP) is 1.60. The number of alkyl halides is 1. The van der Waals surface area contributed by atoms with Crippen molar-refractivity contribution in [2.24, 2.45) is 5.73 Å². The molecule has 14 heavy (non-hydrogen) atoms. The molecule has 0 saturated heterocycles. The van der Waals surface area contributed by atoms with Crippen LogP contribution >= 0.6 is 0 Å². The molecule has 76 valence electrons. The molecule has 0 aliphatic heterocycles. The van der Waals surface area contributed by atoms with E-state index < -0.39 is 6.67 Å². The highest BCUT2D eigenvalue weighted by atomic mass is 19.1. The molecule has 0 amide bonds. The zero-order valence-corrected chi connectivity index (χ0v) is 7.95. The van der Waals surface area contributed by atoms with Gasteiger partial charge in [-0.3, -0.25) is 0 Å². The van der Waals surface area contributed by atoms with Crippen molar-refractivity contribution >= 4 is 0 Å². The molecule has 0 aromatic heterocycles. The number of ether oxygens (including phenoxy) is 1. The number of fused-ring (bicyclic) bond motifs is 1. The number of hydrogen-bond acceptors (Lipinski definition) is 2. The zero-order valence-electron chi connectivity index (χ0n) is 7.95. The van der Waals surface area contributed by atoms with E-state index in [2.05, 4.69) is 0 Å². The minimum Gasteiger partial charge on any atom is -0.373 e. The molecule has 2 rings (SSSR count). The maximum atomic E-state index is 11.9. The summed E-state index contributed by atoms with van der Waals surface area (Å²) in [6, 6.07) is 7.92. The molecular weight excluding hydrogens is 181 g/mol. The van der Waals surface area contributed by atoms with Crippen LogP contribution in [0.15, 0.2) is 24.3 Å². The topological polar surface area (TPSA) is 35.2 Å². The lowest BCUT2D eigenvalue weighted by Gasteiger charge is -2.15. The molecular formula is C11H14FNO. The van der Waals surface area contributed by atoms with Gasteiger partial charge in [0.1, 0.15) is 6.67 Å². The van der Waals surface area contributed by atoms with Crippen molar-refractivity contribution in [3.05, 3.63) is 35.4 Å². The second-order valence-corrected chi connectivity index (χ2v) is 3.53. The molecule has 2 N–H and O–H groups in total. The summed E-state index contributed by atoms with van der Waals surface area (Å²) in [7, 11) is 0. The van der Waals surface area contributed by atoms with Gasteiger partial charge in [0, 0.05) is 6.42 Å². The summed E-state index contributed by atoms with van der Waals surface area (Å²) < 4.78 is 17.3. The van der Waals surface area contributed by atoms with Crippen molar-refractivity contribution in [1.82, 2.24) is 0 Å². The van der Waals surface area contributed by atoms with E-state index in [9.17, 15) is 4.39 Å². The summed E-state index contributed by atoms with van der Waals surface area (Å²) in [6.45, 7) is -0.300. The van der Waals surface area contributed by atoms with Crippen LogP contribution in [0.5, 0.6) is 0 Å². The van der Waals surface area contributed by atoms with Crippen LogP contribution in [0.25, 0.3) is 0 Å². The molecule has 2 nitrogen and oxygen atoms in total.